The number of hydrogen-bond donors (Lipinski definition) is 2. The fourth-order valence-corrected chi connectivity index (χ4v) is 3.82. The van der Waals surface area contributed by atoms with Gasteiger partial charge in [-0.2, -0.15) is 17.5 Å². The molecule has 1 aromatic heterocycles. The van der Waals surface area contributed by atoms with Crippen molar-refractivity contribution < 1.29 is 26.0 Å². The molecular weight excluding hydrogens is 399 g/mol. The van der Waals surface area contributed by atoms with Gasteiger partial charge in [0.1, 0.15) is 12.3 Å². The molecule has 0 aromatic carbocycles. The standard InChI is InChI=1S/C16H26F3N5O3S/c1-4-20-15(22-10-14-23-11(2)12(3)27-14)21-9-13-5-7-24(8-6-13)28(25,26)16(17,18)19/h13H,4-10H2,1-3H3,(H2,20,21,22). The Kier molecular flexibility index (Phi) is 7.32. The number of alkyl halides is 3. The van der Waals surface area contributed by atoms with Gasteiger partial charge in [0, 0.05) is 26.2 Å². The number of hydrogen-bond acceptors (Lipinski definition) is 5. The SMILES string of the molecule is CCNC(=NCc1nc(C)c(C)o1)NCC1CCN(S(=O)(=O)C(F)(F)F)CC1. The molecule has 0 saturated carbocycles. The zero-order valence-corrected chi connectivity index (χ0v) is 17.0. The number of rotatable bonds is 6. The van der Waals surface area contributed by atoms with E-state index in [2.05, 4.69) is 20.6 Å². The third kappa shape index (κ3) is 5.60. The molecule has 0 unspecified atom stereocenters. The minimum atomic E-state index is -5.25. The van der Waals surface area contributed by atoms with Gasteiger partial charge in [0.25, 0.3) is 0 Å². The van der Waals surface area contributed by atoms with Crippen molar-refractivity contribution in [2.45, 2.75) is 45.7 Å². The molecule has 0 atom stereocenters. The third-order valence-corrected chi connectivity index (χ3v) is 6.18. The molecular formula is C16H26F3N5O3S. The smallest absolute Gasteiger partial charge is 0.444 e. The van der Waals surface area contributed by atoms with Crippen LogP contribution >= 0.6 is 0 Å². The number of aryl methyl sites for hydroxylation is 2. The van der Waals surface area contributed by atoms with Gasteiger partial charge in [-0.3, -0.25) is 0 Å². The summed E-state index contributed by atoms with van der Waals surface area (Å²) in [6.45, 7) is 6.68. The van der Waals surface area contributed by atoms with Crippen molar-refractivity contribution >= 4 is 16.0 Å². The second-order valence-electron chi connectivity index (χ2n) is 6.62. The van der Waals surface area contributed by atoms with E-state index in [1.165, 1.54) is 0 Å². The molecule has 28 heavy (non-hydrogen) atoms. The van der Waals surface area contributed by atoms with Crippen LogP contribution in [0.15, 0.2) is 9.41 Å². The van der Waals surface area contributed by atoms with Crippen LogP contribution in [0.25, 0.3) is 0 Å². The lowest BCUT2D eigenvalue weighted by Crippen LogP contribution is -2.47. The number of nitrogens with zero attached hydrogens (tertiary/aromatic N) is 3. The zero-order chi connectivity index (χ0) is 20.9. The summed E-state index contributed by atoms with van der Waals surface area (Å²) in [5.74, 6) is 1.83. The fourth-order valence-electron chi connectivity index (χ4n) is 2.84. The maximum atomic E-state index is 12.6. The molecule has 0 bridgehead atoms. The monoisotopic (exact) mass is 425 g/mol. The summed E-state index contributed by atoms with van der Waals surface area (Å²) < 4.78 is 66.8. The normalized spacial score (nSPS) is 17.7. The van der Waals surface area contributed by atoms with Gasteiger partial charge < -0.3 is 15.1 Å². The van der Waals surface area contributed by atoms with Crippen LogP contribution in [0.2, 0.25) is 0 Å². The number of guanidine groups is 1. The molecule has 2 heterocycles. The van der Waals surface area contributed by atoms with Crippen molar-refractivity contribution in [1.29, 1.82) is 0 Å². The van der Waals surface area contributed by atoms with E-state index in [-0.39, 0.29) is 25.6 Å². The molecule has 1 aromatic rings. The van der Waals surface area contributed by atoms with Gasteiger partial charge in [-0.1, -0.05) is 0 Å². The van der Waals surface area contributed by atoms with Gasteiger partial charge in [-0.15, -0.1) is 0 Å². The average Bonchev–Trinajstić information content (AvgIpc) is 2.94. The Morgan fingerprint density at radius 3 is 2.43 bits per heavy atom. The summed E-state index contributed by atoms with van der Waals surface area (Å²) in [6, 6.07) is 0. The molecule has 2 rings (SSSR count). The predicted octanol–water partition coefficient (Wildman–Crippen LogP) is 1.91. The quantitative estimate of drug-likeness (QED) is 0.534. The van der Waals surface area contributed by atoms with E-state index in [1.54, 1.807) is 0 Å². The number of sulfonamides is 1. The van der Waals surface area contributed by atoms with Crippen LogP contribution in [0.3, 0.4) is 0 Å². The van der Waals surface area contributed by atoms with E-state index in [4.69, 9.17) is 4.42 Å². The molecule has 160 valence electrons. The molecule has 1 fully saturated rings. The Bertz CT molecular complexity index is 764. The molecule has 1 aliphatic heterocycles. The molecule has 0 aliphatic carbocycles. The highest BCUT2D eigenvalue weighted by Crippen LogP contribution is 2.30. The lowest BCUT2D eigenvalue weighted by atomic mass is 9.98. The van der Waals surface area contributed by atoms with E-state index in [9.17, 15) is 21.6 Å². The highest BCUT2D eigenvalue weighted by molar-refractivity contribution is 7.90. The molecule has 8 nitrogen and oxygen atoms in total. The van der Waals surface area contributed by atoms with Gasteiger partial charge in [0.05, 0.1) is 5.69 Å². The van der Waals surface area contributed by atoms with Crippen LogP contribution in [0.5, 0.6) is 0 Å². The topological polar surface area (TPSA) is 99.8 Å². The van der Waals surface area contributed by atoms with E-state index >= 15 is 0 Å². The molecule has 2 N–H and O–H groups in total. The largest absolute Gasteiger partial charge is 0.511 e. The van der Waals surface area contributed by atoms with E-state index in [0.717, 1.165) is 11.5 Å². The maximum Gasteiger partial charge on any atom is 0.511 e. The lowest BCUT2D eigenvalue weighted by Gasteiger charge is -2.31. The van der Waals surface area contributed by atoms with Crippen molar-refractivity contribution in [3.05, 3.63) is 17.3 Å². The van der Waals surface area contributed by atoms with E-state index < -0.39 is 15.5 Å². The second kappa shape index (κ2) is 9.12. The number of piperidine rings is 1. The Morgan fingerprint density at radius 1 is 1.29 bits per heavy atom. The van der Waals surface area contributed by atoms with Crippen molar-refractivity contribution in [3.8, 4) is 0 Å². The predicted molar refractivity (Wildman–Crippen MR) is 98.1 cm³/mol. The third-order valence-electron chi connectivity index (χ3n) is 4.55. The minimum absolute atomic E-state index is 0.0507. The summed E-state index contributed by atoms with van der Waals surface area (Å²) in [6.07, 6.45) is 0.694. The molecule has 1 saturated heterocycles. The van der Waals surface area contributed by atoms with E-state index in [1.807, 2.05) is 20.8 Å². The first-order chi connectivity index (χ1) is 13.0. The Morgan fingerprint density at radius 2 is 1.93 bits per heavy atom. The van der Waals surface area contributed by atoms with Crippen molar-refractivity contribution in [1.82, 2.24) is 19.9 Å². The second-order valence-corrected chi connectivity index (χ2v) is 8.55. The number of aliphatic imine (C=N–C) groups is 1. The van der Waals surface area contributed by atoms with Crippen molar-refractivity contribution in [2.75, 3.05) is 26.2 Å². The van der Waals surface area contributed by atoms with Crippen molar-refractivity contribution in [2.24, 2.45) is 10.9 Å². The maximum absolute atomic E-state index is 12.6. The summed E-state index contributed by atoms with van der Waals surface area (Å²) in [5, 5.41) is 6.23. The highest BCUT2D eigenvalue weighted by atomic mass is 32.2. The summed E-state index contributed by atoms with van der Waals surface area (Å²) in [7, 11) is -5.24. The first-order valence-electron chi connectivity index (χ1n) is 9.06. The average molecular weight is 425 g/mol. The van der Waals surface area contributed by atoms with Crippen LogP contribution in [0.4, 0.5) is 13.2 Å². The summed E-state index contributed by atoms with van der Waals surface area (Å²) >= 11 is 0. The first kappa shape index (κ1) is 22.5. The molecule has 1 aliphatic rings. The van der Waals surface area contributed by atoms with Gasteiger partial charge >= 0.3 is 15.5 Å². The Balaban J connectivity index is 1.87. The lowest BCUT2D eigenvalue weighted by molar-refractivity contribution is -0.0496. The van der Waals surface area contributed by atoms with Crippen molar-refractivity contribution in [3.63, 3.8) is 0 Å². The van der Waals surface area contributed by atoms with Gasteiger partial charge in [-0.25, -0.2) is 18.4 Å². The first-order valence-corrected chi connectivity index (χ1v) is 10.5. The van der Waals surface area contributed by atoms with Crippen LogP contribution in [0, 0.1) is 19.8 Å². The Hall–Kier alpha value is -1.82. The Labute approximate surface area is 162 Å². The molecule has 0 amide bonds. The molecule has 0 radical (unpaired) electrons. The summed E-state index contributed by atoms with van der Waals surface area (Å²) in [5.41, 5.74) is -4.44. The van der Waals surface area contributed by atoms with Gasteiger partial charge in [0.2, 0.25) is 5.89 Å². The van der Waals surface area contributed by atoms with Crippen LogP contribution in [-0.2, 0) is 16.6 Å². The van der Waals surface area contributed by atoms with Crippen LogP contribution in [0.1, 0.15) is 37.1 Å². The minimum Gasteiger partial charge on any atom is -0.444 e. The molecule has 12 heteroatoms. The number of nitrogens with one attached hydrogen (secondary N) is 2. The van der Waals surface area contributed by atoms with Gasteiger partial charge in [-0.05, 0) is 39.5 Å². The number of aromatic nitrogens is 1. The van der Waals surface area contributed by atoms with Gasteiger partial charge in [0.15, 0.2) is 5.96 Å². The fraction of sp³-hybridized carbons (Fsp3) is 0.750. The van der Waals surface area contributed by atoms with E-state index in [0.29, 0.717) is 42.1 Å². The number of oxazole rings is 1. The summed E-state index contributed by atoms with van der Waals surface area (Å²) in [4.78, 5) is 8.65. The number of halogens is 3. The van der Waals surface area contributed by atoms with Crippen LogP contribution < -0.4 is 10.6 Å². The molecule has 0 spiro atoms. The highest BCUT2D eigenvalue weighted by Gasteiger charge is 2.50. The zero-order valence-electron chi connectivity index (χ0n) is 16.1. The van der Waals surface area contributed by atoms with Crippen LogP contribution in [-0.4, -0.2) is 55.4 Å².